The molecular weight excluding hydrogens is 770 g/mol. The first-order chi connectivity index (χ1) is 24.7. The summed E-state index contributed by atoms with van der Waals surface area (Å²) in [5.41, 5.74) is 11.8. The Labute approximate surface area is 309 Å². The van der Waals surface area contributed by atoms with Crippen LogP contribution in [0.25, 0.3) is 11.3 Å². The third kappa shape index (κ3) is 9.34. The summed E-state index contributed by atoms with van der Waals surface area (Å²) in [5.74, 6) is -6.31. The van der Waals surface area contributed by atoms with Gasteiger partial charge in [-0.1, -0.05) is 35.5 Å². The third-order valence-corrected chi connectivity index (χ3v) is 10.4. The summed E-state index contributed by atoms with van der Waals surface area (Å²) in [6.07, 6.45) is -5.19. The molecule has 0 spiro atoms. The van der Waals surface area contributed by atoms with Crippen molar-refractivity contribution < 1.29 is 61.9 Å². The van der Waals surface area contributed by atoms with E-state index in [9.17, 15) is 42.6 Å². The summed E-state index contributed by atoms with van der Waals surface area (Å²) in [6, 6.07) is 10.3. The first kappa shape index (κ1) is 40.4. The minimum absolute atomic E-state index is 0.0188. The average molecular weight is 799 g/mol. The van der Waals surface area contributed by atoms with E-state index in [1.54, 1.807) is 6.07 Å². The number of carbonyl (C=O) groups excluding carboxylic acids is 3. The van der Waals surface area contributed by atoms with Gasteiger partial charge in [-0.2, -0.15) is 13.2 Å². The molecule has 2 amide bonds. The van der Waals surface area contributed by atoms with Gasteiger partial charge in [-0.05, 0) is 36.2 Å². The van der Waals surface area contributed by atoms with Crippen molar-refractivity contribution in [3.63, 3.8) is 0 Å². The molecule has 7 N–H and O–H groups in total. The summed E-state index contributed by atoms with van der Waals surface area (Å²) in [6.45, 7) is 2.49. The topological polar surface area (TPSA) is 267 Å². The van der Waals surface area contributed by atoms with Gasteiger partial charge in [0.15, 0.2) is 10.8 Å². The molecular formula is C30H29F3N8O9S3. The molecule has 23 heteroatoms. The van der Waals surface area contributed by atoms with Crippen molar-refractivity contribution in [3.8, 4) is 11.3 Å². The second-order valence-electron chi connectivity index (χ2n) is 11.4. The number of alkyl halides is 3. The number of β-lactam (4-membered cyclic amide) rings is 1. The summed E-state index contributed by atoms with van der Waals surface area (Å²) in [7, 11) is 1.84. The molecule has 1 aromatic carbocycles. The maximum Gasteiger partial charge on any atom is 0.430 e. The molecule has 0 radical (unpaired) electrons. The largest absolute Gasteiger partial charge is 0.542 e. The Balaban J connectivity index is 0.000000815. The van der Waals surface area contributed by atoms with E-state index in [-0.39, 0.29) is 28.0 Å². The highest BCUT2D eigenvalue weighted by atomic mass is 32.2. The van der Waals surface area contributed by atoms with Crippen LogP contribution in [0.5, 0.6) is 0 Å². The molecule has 4 heterocycles. The van der Waals surface area contributed by atoms with Crippen LogP contribution in [0.15, 0.2) is 63.4 Å². The highest BCUT2D eigenvalue weighted by Crippen LogP contribution is 2.41. The second kappa shape index (κ2) is 16.1. The lowest BCUT2D eigenvalue weighted by Crippen LogP contribution is -2.71. The number of aliphatic carboxylic acids is 3. The number of nitrogens with two attached hydrogens (primary N) is 2. The fourth-order valence-corrected chi connectivity index (χ4v) is 7.56. The van der Waals surface area contributed by atoms with E-state index in [0.717, 1.165) is 27.5 Å². The SMILES string of the molecule is C[n+]1c(-c2ccccc2)cc(N)nc1SCC1=C(C(=O)O)N2C(=O)C(NC(=O)/C(=N\OC(C)(C)C(=O)O)c3csc(N)n3)C2SC1.O=C([O-])C(F)(F)F. The summed E-state index contributed by atoms with van der Waals surface area (Å²) >= 11 is 3.61. The molecule has 2 aliphatic heterocycles. The molecule has 2 unspecified atom stereocenters. The number of anilines is 2. The number of oxime groups is 1. The Hall–Kier alpha value is -5.42. The lowest BCUT2D eigenvalue weighted by molar-refractivity contribution is -0.702. The smallest absolute Gasteiger partial charge is 0.430 e. The zero-order chi connectivity index (χ0) is 39.4. The van der Waals surface area contributed by atoms with E-state index in [4.69, 9.17) is 26.2 Å². The van der Waals surface area contributed by atoms with Crippen molar-refractivity contribution in [1.82, 2.24) is 20.2 Å². The van der Waals surface area contributed by atoms with Crippen LogP contribution in [0.4, 0.5) is 24.1 Å². The number of carboxylic acids is 3. The van der Waals surface area contributed by atoms with Crippen LogP contribution >= 0.6 is 34.9 Å². The molecule has 0 bridgehead atoms. The van der Waals surface area contributed by atoms with Gasteiger partial charge in [-0.3, -0.25) is 14.5 Å². The number of nitrogens with one attached hydrogen (secondary N) is 1. The molecule has 2 aromatic heterocycles. The first-order valence-corrected chi connectivity index (χ1v) is 17.7. The molecule has 0 aliphatic carbocycles. The Kier molecular flexibility index (Phi) is 12.2. The zero-order valence-corrected chi connectivity index (χ0v) is 30.1. The minimum atomic E-state index is -5.19. The molecule has 0 saturated carbocycles. The summed E-state index contributed by atoms with van der Waals surface area (Å²) in [4.78, 5) is 74.1. The van der Waals surface area contributed by atoms with Crippen LogP contribution in [0.1, 0.15) is 19.5 Å². The van der Waals surface area contributed by atoms with Crippen molar-refractivity contribution in [2.24, 2.45) is 12.2 Å². The second-order valence-corrected chi connectivity index (χ2v) is 14.3. The molecule has 2 atom stereocenters. The van der Waals surface area contributed by atoms with Gasteiger partial charge in [-0.15, -0.1) is 23.1 Å². The predicted octanol–water partition coefficient (Wildman–Crippen LogP) is 0.607. The van der Waals surface area contributed by atoms with Gasteiger partial charge in [0.2, 0.25) is 11.4 Å². The zero-order valence-electron chi connectivity index (χ0n) is 27.6. The lowest BCUT2D eigenvalue weighted by Gasteiger charge is -2.49. The van der Waals surface area contributed by atoms with Gasteiger partial charge in [0.25, 0.3) is 11.8 Å². The van der Waals surface area contributed by atoms with Gasteiger partial charge in [0, 0.05) is 22.4 Å². The Morgan fingerprint density at radius 3 is 2.36 bits per heavy atom. The van der Waals surface area contributed by atoms with E-state index in [0.29, 0.717) is 16.5 Å². The number of carbonyl (C=O) groups is 5. The molecule has 1 saturated heterocycles. The number of carboxylic acid groups (broad SMARTS) is 3. The number of aromatic nitrogens is 3. The number of rotatable bonds is 11. The van der Waals surface area contributed by atoms with Crippen LogP contribution in [-0.2, 0) is 35.9 Å². The van der Waals surface area contributed by atoms with Crippen LogP contribution < -0.4 is 26.5 Å². The van der Waals surface area contributed by atoms with E-state index >= 15 is 0 Å². The molecule has 17 nitrogen and oxygen atoms in total. The number of thiazole rings is 1. The van der Waals surface area contributed by atoms with E-state index < -0.39 is 58.6 Å². The fraction of sp³-hybridized carbons (Fsp3) is 0.300. The Morgan fingerprint density at radius 1 is 1.17 bits per heavy atom. The standard InChI is InChI=1S/C28H28N8O7S3.C2HF3O2/c1-28(2,25(41)42)43-34-18(15-12-45-26(30)31-15)21(37)33-19-22(38)36-20(24(39)40)14(10-44-23(19)36)11-46-27-32-17(29)9-16(35(27)3)13-7-5-4-6-8-13;3-2(4,5)1(6)7/h4-9,12,19,23,29H,10-11H2,1-3H3,(H5,30,31,33,37,39,40,41,42);(H,6,7)/b34-18-;. The molecule has 2 aliphatic rings. The third-order valence-electron chi connectivity index (χ3n) is 7.23. The summed E-state index contributed by atoms with van der Waals surface area (Å²) in [5, 5.41) is 36.0. The van der Waals surface area contributed by atoms with E-state index in [1.165, 1.54) is 42.8 Å². The number of hydrogen-bond donors (Lipinski definition) is 5. The number of amides is 2. The molecule has 1 fully saturated rings. The van der Waals surface area contributed by atoms with Crippen molar-refractivity contribution in [1.29, 1.82) is 0 Å². The van der Waals surface area contributed by atoms with Crippen molar-refractivity contribution >= 4 is 81.2 Å². The van der Waals surface area contributed by atoms with Crippen LogP contribution in [0, 0.1) is 0 Å². The molecule has 53 heavy (non-hydrogen) atoms. The van der Waals surface area contributed by atoms with Crippen molar-refractivity contribution in [3.05, 3.63) is 58.7 Å². The quantitative estimate of drug-likeness (QED) is 0.0444. The van der Waals surface area contributed by atoms with Crippen LogP contribution in [0.3, 0.4) is 0 Å². The van der Waals surface area contributed by atoms with Crippen molar-refractivity contribution in [2.45, 2.75) is 42.2 Å². The number of benzene rings is 1. The minimum Gasteiger partial charge on any atom is -0.542 e. The number of thioether (sulfide) groups is 2. The molecule has 5 rings (SSSR count). The van der Waals surface area contributed by atoms with Gasteiger partial charge in [0.05, 0.1) is 13.1 Å². The normalized spacial score (nSPS) is 17.2. The number of nitrogen functional groups attached to an aromatic ring is 2. The van der Waals surface area contributed by atoms with E-state index in [1.807, 2.05) is 41.9 Å². The lowest BCUT2D eigenvalue weighted by atomic mass is 10.0. The Bertz CT molecular complexity index is 2010. The van der Waals surface area contributed by atoms with E-state index in [2.05, 4.69) is 20.4 Å². The van der Waals surface area contributed by atoms with Gasteiger partial charge < -0.3 is 41.7 Å². The molecule has 3 aromatic rings. The maximum atomic E-state index is 13.3. The monoisotopic (exact) mass is 798 g/mol. The van der Waals surface area contributed by atoms with Crippen molar-refractivity contribution in [2.75, 3.05) is 23.0 Å². The van der Waals surface area contributed by atoms with Gasteiger partial charge >= 0.3 is 23.3 Å². The van der Waals surface area contributed by atoms with Crippen LogP contribution in [0.2, 0.25) is 0 Å². The first-order valence-electron chi connectivity index (χ1n) is 14.8. The fourth-order valence-electron chi connectivity index (χ4n) is 4.53. The van der Waals surface area contributed by atoms with Crippen LogP contribution in [-0.4, -0.2) is 95.2 Å². The Morgan fingerprint density at radius 2 is 1.81 bits per heavy atom. The average Bonchev–Trinajstić information content (AvgIpc) is 3.52. The summed E-state index contributed by atoms with van der Waals surface area (Å²) < 4.78 is 33.4. The highest BCUT2D eigenvalue weighted by molar-refractivity contribution is 8.01. The number of halogens is 3. The van der Waals surface area contributed by atoms with Gasteiger partial charge in [-0.25, -0.2) is 19.1 Å². The predicted molar refractivity (Wildman–Crippen MR) is 183 cm³/mol. The number of hydrogen-bond acceptors (Lipinski definition) is 15. The highest BCUT2D eigenvalue weighted by Gasteiger charge is 2.54. The number of fused-ring (bicyclic) bond motifs is 1. The molecule has 282 valence electrons. The van der Waals surface area contributed by atoms with Gasteiger partial charge in [0.1, 0.15) is 34.5 Å². The number of nitrogens with zero attached hydrogens (tertiary/aromatic N) is 5. The maximum absolute atomic E-state index is 13.3.